The van der Waals surface area contributed by atoms with Crippen LogP contribution in [0.25, 0.3) is 0 Å². The van der Waals surface area contributed by atoms with Gasteiger partial charge in [-0.1, -0.05) is 62.8 Å². The van der Waals surface area contributed by atoms with E-state index in [9.17, 15) is 9.59 Å². The molecule has 2 fully saturated rings. The van der Waals surface area contributed by atoms with Crippen LogP contribution in [0.4, 0.5) is 0 Å². The maximum atomic E-state index is 13.4. The molecule has 0 heterocycles. The van der Waals surface area contributed by atoms with Crippen LogP contribution in [0.1, 0.15) is 118 Å². The molecule has 5 heteroatoms. The van der Waals surface area contributed by atoms with E-state index in [1.54, 1.807) is 12.1 Å². The van der Waals surface area contributed by atoms with Crippen molar-refractivity contribution in [3.63, 3.8) is 0 Å². The maximum absolute atomic E-state index is 13.4. The van der Waals surface area contributed by atoms with Crippen molar-refractivity contribution in [3.8, 4) is 17.6 Å². The van der Waals surface area contributed by atoms with E-state index in [4.69, 9.17) is 14.2 Å². The van der Waals surface area contributed by atoms with Crippen molar-refractivity contribution in [3.05, 3.63) is 77.9 Å². The van der Waals surface area contributed by atoms with Crippen molar-refractivity contribution < 1.29 is 23.8 Å². The van der Waals surface area contributed by atoms with Crippen LogP contribution in [0.2, 0.25) is 0 Å². The predicted octanol–water partition coefficient (Wildman–Crippen LogP) is 9.41. The van der Waals surface area contributed by atoms with Crippen LogP contribution in [0.3, 0.4) is 0 Å². The fourth-order valence-electron chi connectivity index (χ4n) is 6.91. The lowest BCUT2D eigenvalue weighted by Gasteiger charge is -2.41. The van der Waals surface area contributed by atoms with Crippen molar-refractivity contribution in [2.24, 2.45) is 17.8 Å². The van der Waals surface area contributed by atoms with Gasteiger partial charge in [-0.3, -0.25) is 0 Å². The van der Waals surface area contributed by atoms with Crippen molar-refractivity contribution >= 4 is 11.9 Å². The Hall–Kier alpha value is -3.52. The third-order valence-corrected chi connectivity index (χ3v) is 9.68. The molecule has 0 amide bonds. The number of unbranched alkanes of at least 4 members (excludes halogenated alkanes) is 3. The molecular formula is C40H52O5. The zero-order valence-corrected chi connectivity index (χ0v) is 27.5. The zero-order valence-electron chi connectivity index (χ0n) is 27.5. The van der Waals surface area contributed by atoms with Gasteiger partial charge in [0.25, 0.3) is 0 Å². The second-order valence-corrected chi connectivity index (χ2v) is 13.1. The average Bonchev–Trinajstić information content (AvgIpc) is 3.07. The number of benzene rings is 2. The lowest BCUT2D eigenvalue weighted by Crippen LogP contribution is -2.39. The molecule has 2 aliphatic carbocycles. The fourth-order valence-corrected chi connectivity index (χ4v) is 6.91. The second-order valence-electron chi connectivity index (χ2n) is 13.1. The summed E-state index contributed by atoms with van der Waals surface area (Å²) in [5.41, 5.74) is 1.90. The third-order valence-electron chi connectivity index (χ3n) is 9.68. The van der Waals surface area contributed by atoms with Crippen molar-refractivity contribution in [1.82, 2.24) is 0 Å². The minimum Gasteiger partial charge on any atom is -0.494 e. The van der Waals surface area contributed by atoms with Gasteiger partial charge in [0.05, 0.1) is 18.8 Å². The molecule has 0 N–H and O–H groups in total. The molecule has 2 aromatic rings. The van der Waals surface area contributed by atoms with Gasteiger partial charge in [-0.2, -0.15) is 0 Å². The molecule has 45 heavy (non-hydrogen) atoms. The molecule has 0 aromatic heterocycles. The number of esters is 2. The van der Waals surface area contributed by atoms with Gasteiger partial charge in [0.2, 0.25) is 0 Å². The highest BCUT2D eigenvalue weighted by Gasteiger charge is 2.40. The summed E-state index contributed by atoms with van der Waals surface area (Å²) in [6.07, 6.45) is 16.7. The monoisotopic (exact) mass is 612 g/mol. The summed E-state index contributed by atoms with van der Waals surface area (Å²) in [5.74, 6) is 9.23. The first-order valence-corrected chi connectivity index (χ1v) is 17.2. The summed E-state index contributed by atoms with van der Waals surface area (Å²) in [6.45, 7) is 8.78. The van der Waals surface area contributed by atoms with E-state index in [-0.39, 0.29) is 11.9 Å². The molecule has 4 rings (SSSR count). The Labute approximate surface area is 271 Å². The molecule has 2 aliphatic rings. The highest BCUT2D eigenvalue weighted by molar-refractivity contribution is 5.90. The Morgan fingerprint density at radius 2 is 1.51 bits per heavy atom. The van der Waals surface area contributed by atoms with Crippen molar-refractivity contribution in [2.75, 3.05) is 13.2 Å². The van der Waals surface area contributed by atoms with Crippen LogP contribution < -0.4 is 4.74 Å². The molecule has 0 bridgehead atoms. The summed E-state index contributed by atoms with van der Waals surface area (Å²) >= 11 is 0. The molecule has 0 radical (unpaired) electrons. The minimum atomic E-state index is -0.767. The average molecular weight is 613 g/mol. The Bertz CT molecular complexity index is 1270. The zero-order chi connectivity index (χ0) is 31.9. The normalized spacial score (nSPS) is 22.8. The summed E-state index contributed by atoms with van der Waals surface area (Å²) < 4.78 is 17.2. The first-order chi connectivity index (χ1) is 21.9. The fraction of sp³-hybridized carbons (Fsp3) is 0.550. The molecule has 0 aliphatic heterocycles. The molecule has 0 unspecified atom stereocenters. The number of carbonyl (C=O) groups is 2. The van der Waals surface area contributed by atoms with Gasteiger partial charge in [0.1, 0.15) is 5.75 Å². The van der Waals surface area contributed by atoms with Crippen molar-refractivity contribution in [2.45, 2.75) is 109 Å². The van der Waals surface area contributed by atoms with Gasteiger partial charge in [-0.25, -0.2) is 9.59 Å². The molecule has 5 nitrogen and oxygen atoms in total. The van der Waals surface area contributed by atoms with E-state index < -0.39 is 5.60 Å². The molecule has 2 aromatic carbocycles. The Morgan fingerprint density at radius 3 is 2.16 bits per heavy atom. The number of aryl methyl sites for hydroxylation is 1. The largest absolute Gasteiger partial charge is 0.494 e. The van der Waals surface area contributed by atoms with E-state index in [0.717, 1.165) is 74.5 Å². The molecular weight excluding hydrogens is 560 g/mol. The van der Waals surface area contributed by atoms with E-state index in [1.165, 1.54) is 50.2 Å². The third kappa shape index (κ3) is 11.1. The highest BCUT2D eigenvalue weighted by atomic mass is 16.6. The Morgan fingerprint density at radius 1 is 0.867 bits per heavy atom. The molecule has 2 saturated carbocycles. The minimum absolute atomic E-state index is 0.324. The van der Waals surface area contributed by atoms with E-state index in [0.29, 0.717) is 24.7 Å². The number of hydrogen-bond donors (Lipinski definition) is 0. The van der Waals surface area contributed by atoms with Gasteiger partial charge < -0.3 is 14.2 Å². The van der Waals surface area contributed by atoms with Crippen LogP contribution in [0.15, 0.2) is 61.2 Å². The smallest absolute Gasteiger partial charge is 0.339 e. The summed E-state index contributed by atoms with van der Waals surface area (Å²) in [7, 11) is 0. The quantitative estimate of drug-likeness (QED) is 0.0921. The molecule has 0 atom stereocenters. The number of hydrogen-bond acceptors (Lipinski definition) is 5. The van der Waals surface area contributed by atoms with Gasteiger partial charge in [-0.15, -0.1) is 0 Å². The predicted molar refractivity (Wildman–Crippen MR) is 180 cm³/mol. The highest BCUT2D eigenvalue weighted by Crippen LogP contribution is 2.44. The standard InChI is InChI=1S/C40H52O5/c1-4-10-32-15-17-34(18-16-32)35-24-27-40(28-25-35,26-23-33-13-11-31(3)12-14-33)45-39(42)36-19-21-37(22-20-36)43-29-8-6-7-9-30-44-38(41)5-2/h5,11-14,19-22,32,34-35H,2,4,6-10,15-18,24-25,27-30H2,1,3H3. The van der Waals surface area contributed by atoms with Crippen LogP contribution in [-0.4, -0.2) is 30.8 Å². The number of carbonyl (C=O) groups excluding carboxylic acids is 2. The van der Waals surface area contributed by atoms with Crippen LogP contribution in [0.5, 0.6) is 5.75 Å². The van der Waals surface area contributed by atoms with Crippen LogP contribution in [0, 0.1) is 36.5 Å². The topological polar surface area (TPSA) is 61.8 Å². The van der Waals surface area contributed by atoms with Gasteiger partial charge in [0, 0.05) is 11.6 Å². The summed E-state index contributed by atoms with van der Waals surface area (Å²) in [6, 6.07) is 15.5. The van der Waals surface area contributed by atoms with Gasteiger partial charge in [-0.05, 0) is 131 Å². The van der Waals surface area contributed by atoms with Crippen LogP contribution >= 0.6 is 0 Å². The van der Waals surface area contributed by atoms with Gasteiger partial charge >= 0.3 is 11.9 Å². The van der Waals surface area contributed by atoms with Gasteiger partial charge in [0.15, 0.2) is 5.60 Å². The lowest BCUT2D eigenvalue weighted by atomic mass is 9.67. The molecule has 0 saturated heterocycles. The molecule has 0 spiro atoms. The van der Waals surface area contributed by atoms with E-state index in [1.807, 2.05) is 24.3 Å². The first-order valence-electron chi connectivity index (χ1n) is 17.2. The maximum Gasteiger partial charge on any atom is 0.339 e. The number of ether oxygens (including phenoxy) is 3. The second kappa shape index (κ2) is 17.8. The van der Waals surface area contributed by atoms with E-state index in [2.05, 4.69) is 44.4 Å². The first kappa shape index (κ1) is 34.4. The SMILES string of the molecule is C=CC(=O)OCCCCCCOc1ccc(C(=O)OC2(C#Cc3ccc(C)cc3)CCC(C3CCC(CCC)CC3)CC2)cc1. The summed E-state index contributed by atoms with van der Waals surface area (Å²) in [5, 5.41) is 0. The lowest BCUT2D eigenvalue weighted by molar-refractivity contribution is -0.137. The number of rotatable bonds is 14. The van der Waals surface area contributed by atoms with E-state index >= 15 is 0 Å². The Kier molecular flexibility index (Phi) is 13.6. The molecule has 242 valence electrons. The van der Waals surface area contributed by atoms with Crippen LogP contribution in [-0.2, 0) is 14.3 Å². The Balaban J connectivity index is 1.30. The van der Waals surface area contributed by atoms with Crippen molar-refractivity contribution in [1.29, 1.82) is 0 Å². The summed E-state index contributed by atoms with van der Waals surface area (Å²) in [4.78, 5) is 24.5.